The van der Waals surface area contributed by atoms with Gasteiger partial charge in [0.2, 0.25) is 0 Å². The molecule has 4 heteroatoms. The lowest BCUT2D eigenvalue weighted by Crippen LogP contribution is -2.44. The summed E-state index contributed by atoms with van der Waals surface area (Å²) in [6, 6.07) is 0. The van der Waals surface area contributed by atoms with Crippen LogP contribution in [-0.4, -0.2) is 22.2 Å². The fourth-order valence-corrected chi connectivity index (χ4v) is 2.88. The van der Waals surface area contributed by atoms with Crippen molar-refractivity contribution < 1.29 is 5.11 Å². The molecule has 17 heavy (non-hydrogen) atoms. The molecule has 0 spiro atoms. The monoisotopic (exact) mass is 254 g/mol. The molecule has 0 aliphatic heterocycles. The summed E-state index contributed by atoms with van der Waals surface area (Å²) in [7, 11) is 0. The number of nitrogens with one attached hydrogen (secondary N) is 1. The minimum Gasteiger partial charge on any atom is -0.389 e. The van der Waals surface area contributed by atoms with E-state index in [9.17, 15) is 5.11 Å². The van der Waals surface area contributed by atoms with Crippen molar-refractivity contribution in [2.24, 2.45) is 5.41 Å². The van der Waals surface area contributed by atoms with Gasteiger partial charge in [-0.3, -0.25) is 4.98 Å². The molecule has 3 nitrogen and oxygen atoms in total. The van der Waals surface area contributed by atoms with Gasteiger partial charge in [-0.25, -0.2) is 0 Å². The maximum atomic E-state index is 10.5. The molecule has 1 aliphatic rings. The Morgan fingerprint density at radius 1 is 1.35 bits per heavy atom. The number of hydrogen-bond acceptors (Lipinski definition) is 4. The molecule has 96 valence electrons. The van der Waals surface area contributed by atoms with Crippen LogP contribution in [0.25, 0.3) is 0 Å². The average molecular weight is 254 g/mol. The van der Waals surface area contributed by atoms with E-state index in [1.807, 2.05) is 11.7 Å². The number of nitrogens with zero attached hydrogens (tertiary/aromatic N) is 1. The zero-order valence-electron chi connectivity index (χ0n) is 10.7. The van der Waals surface area contributed by atoms with Crippen LogP contribution in [0, 0.1) is 5.41 Å². The predicted octanol–water partition coefficient (Wildman–Crippen LogP) is 2.56. The SMILES string of the molecule is CC1(C)CCC(O)(CNCc2cncs2)CC1. The van der Waals surface area contributed by atoms with Crippen molar-refractivity contribution in [3.8, 4) is 0 Å². The molecule has 0 bridgehead atoms. The minimum atomic E-state index is -0.500. The quantitative estimate of drug-likeness (QED) is 0.868. The van der Waals surface area contributed by atoms with Crippen molar-refractivity contribution in [2.75, 3.05) is 6.54 Å². The maximum absolute atomic E-state index is 10.5. The van der Waals surface area contributed by atoms with Crippen LogP contribution in [0.4, 0.5) is 0 Å². The van der Waals surface area contributed by atoms with Crippen LogP contribution in [-0.2, 0) is 6.54 Å². The molecule has 1 saturated carbocycles. The van der Waals surface area contributed by atoms with Crippen molar-refractivity contribution >= 4 is 11.3 Å². The molecule has 0 radical (unpaired) electrons. The average Bonchev–Trinajstić information content (AvgIpc) is 2.77. The van der Waals surface area contributed by atoms with Crippen molar-refractivity contribution in [3.63, 3.8) is 0 Å². The van der Waals surface area contributed by atoms with Gasteiger partial charge < -0.3 is 10.4 Å². The third-order valence-corrected chi connectivity index (χ3v) is 4.55. The molecule has 1 fully saturated rings. The summed E-state index contributed by atoms with van der Waals surface area (Å²) >= 11 is 1.65. The summed E-state index contributed by atoms with van der Waals surface area (Å²) < 4.78 is 0. The minimum absolute atomic E-state index is 0.407. The maximum Gasteiger partial charge on any atom is 0.0794 e. The highest BCUT2D eigenvalue weighted by molar-refractivity contribution is 7.09. The van der Waals surface area contributed by atoms with E-state index in [1.165, 1.54) is 4.88 Å². The molecule has 1 aliphatic carbocycles. The van der Waals surface area contributed by atoms with Gasteiger partial charge in [-0.1, -0.05) is 13.8 Å². The van der Waals surface area contributed by atoms with Gasteiger partial charge >= 0.3 is 0 Å². The summed E-state index contributed by atoms with van der Waals surface area (Å²) in [4.78, 5) is 5.27. The second-order valence-corrected chi connectivity index (χ2v) is 6.93. The van der Waals surface area contributed by atoms with Crippen LogP contribution in [0.3, 0.4) is 0 Å². The Labute approximate surface area is 107 Å². The number of aliphatic hydroxyl groups is 1. The van der Waals surface area contributed by atoms with Gasteiger partial charge in [0.1, 0.15) is 0 Å². The van der Waals surface area contributed by atoms with E-state index in [2.05, 4.69) is 24.1 Å². The Morgan fingerprint density at radius 3 is 2.65 bits per heavy atom. The Hall–Kier alpha value is -0.450. The molecule has 1 heterocycles. The Morgan fingerprint density at radius 2 is 2.06 bits per heavy atom. The normalized spacial score (nSPS) is 22.5. The smallest absolute Gasteiger partial charge is 0.0794 e. The van der Waals surface area contributed by atoms with Gasteiger partial charge in [0.05, 0.1) is 11.1 Å². The van der Waals surface area contributed by atoms with Crippen LogP contribution in [0.15, 0.2) is 11.7 Å². The predicted molar refractivity (Wildman–Crippen MR) is 71.0 cm³/mol. The van der Waals surface area contributed by atoms with Crippen molar-refractivity contribution in [1.29, 1.82) is 0 Å². The molecule has 0 amide bonds. The lowest BCUT2D eigenvalue weighted by atomic mass is 9.71. The first-order valence-electron chi connectivity index (χ1n) is 6.30. The Kier molecular flexibility index (Phi) is 3.85. The molecule has 2 N–H and O–H groups in total. The summed E-state index contributed by atoms with van der Waals surface area (Å²) in [5.41, 5.74) is 1.75. The van der Waals surface area contributed by atoms with Crippen LogP contribution in [0.5, 0.6) is 0 Å². The number of hydrogen-bond donors (Lipinski definition) is 2. The first-order chi connectivity index (χ1) is 7.99. The van der Waals surface area contributed by atoms with Crippen molar-refractivity contribution in [3.05, 3.63) is 16.6 Å². The van der Waals surface area contributed by atoms with Gasteiger partial charge in [0.25, 0.3) is 0 Å². The van der Waals surface area contributed by atoms with E-state index < -0.39 is 5.60 Å². The molecular formula is C13H22N2OS. The van der Waals surface area contributed by atoms with Crippen LogP contribution >= 0.6 is 11.3 Å². The van der Waals surface area contributed by atoms with E-state index in [4.69, 9.17) is 0 Å². The zero-order chi connectivity index (χ0) is 12.4. The Balaban J connectivity index is 1.75. The van der Waals surface area contributed by atoms with Crippen molar-refractivity contribution in [1.82, 2.24) is 10.3 Å². The summed E-state index contributed by atoms with van der Waals surface area (Å²) in [6.07, 6.45) is 5.94. The number of thiazole rings is 1. The molecule has 0 atom stereocenters. The van der Waals surface area contributed by atoms with Crippen LogP contribution < -0.4 is 5.32 Å². The lowest BCUT2D eigenvalue weighted by molar-refractivity contribution is -0.0244. The standard InChI is InChI=1S/C13H22N2OS/c1-12(2)3-5-13(16,6-4-12)9-14-7-11-8-15-10-17-11/h8,10,14,16H,3-7,9H2,1-2H3. The van der Waals surface area contributed by atoms with Crippen molar-refractivity contribution in [2.45, 2.75) is 51.7 Å². The summed E-state index contributed by atoms with van der Waals surface area (Å²) in [5.74, 6) is 0. The topological polar surface area (TPSA) is 45.1 Å². The van der Waals surface area contributed by atoms with Gasteiger partial charge in [-0.15, -0.1) is 11.3 Å². The van der Waals surface area contributed by atoms with Crippen LogP contribution in [0.1, 0.15) is 44.4 Å². The zero-order valence-corrected chi connectivity index (χ0v) is 11.5. The molecule has 1 aromatic heterocycles. The Bertz CT molecular complexity index is 338. The fourth-order valence-electron chi connectivity index (χ4n) is 2.32. The third kappa shape index (κ3) is 3.76. The first kappa shape index (κ1) is 13.0. The van der Waals surface area contributed by atoms with E-state index in [0.29, 0.717) is 12.0 Å². The number of rotatable bonds is 4. The first-order valence-corrected chi connectivity index (χ1v) is 7.18. The second-order valence-electron chi connectivity index (χ2n) is 5.96. The molecular weight excluding hydrogens is 232 g/mol. The highest BCUT2D eigenvalue weighted by Gasteiger charge is 2.36. The summed E-state index contributed by atoms with van der Waals surface area (Å²) in [5, 5.41) is 13.8. The summed E-state index contributed by atoms with van der Waals surface area (Å²) in [6.45, 7) is 6.09. The van der Waals surface area contributed by atoms with Gasteiger partial charge in [0, 0.05) is 24.2 Å². The van der Waals surface area contributed by atoms with Gasteiger partial charge in [-0.05, 0) is 31.1 Å². The van der Waals surface area contributed by atoms with E-state index in [1.54, 1.807) is 11.3 Å². The molecule has 2 rings (SSSR count). The van der Waals surface area contributed by atoms with Crippen LogP contribution in [0.2, 0.25) is 0 Å². The third-order valence-electron chi connectivity index (χ3n) is 3.77. The highest BCUT2D eigenvalue weighted by Crippen LogP contribution is 2.39. The van der Waals surface area contributed by atoms with Gasteiger partial charge in [-0.2, -0.15) is 0 Å². The molecule has 1 aromatic rings. The van der Waals surface area contributed by atoms with E-state index in [0.717, 1.165) is 32.2 Å². The molecule has 0 saturated heterocycles. The second kappa shape index (κ2) is 5.04. The largest absolute Gasteiger partial charge is 0.389 e. The highest BCUT2D eigenvalue weighted by atomic mass is 32.1. The lowest BCUT2D eigenvalue weighted by Gasteiger charge is -2.40. The molecule has 0 aromatic carbocycles. The van der Waals surface area contributed by atoms with Gasteiger partial charge in [0.15, 0.2) is 0 Å². The number of aromatic nitrogens is 1. The van der Waals surface area contributed by atoms with E-state index in [-0.39, 0.29) is 0 Å². The molecule has 0 unspecified atom stereocenters. The fraction of sp³-hybridized carbons (Fsp3) is 0.769. The van der Waals surface area contributed by atoms with E-state index >= 15 is 0 Å².